The number of ether oxygens (including phenoxy) is 5. The molecule has 5 fully saturated rings. The number of hydrogen-bond donors (Lipinski definition) is 0. The zero-order valence-electron chi connectivity index (χ0n) is 23.5. The van der Waals surface area contributed by atoms with Gasteiger partial charge in [0.15, 0.2) is 12.6 Å². The Morgan fingerprint density at radius 2 is 1.71 bits per heavy atom. The number of rotatable bonds is 11. The lowest BCUT2D eigenvalue weighted by Gasteiger charge is -2.31. The summed E-state index contributed by atoms with van der Waals surface area (Å²) in [6.45, 7) is 1.65. The summed E-state index contributed by atoms with van der Waals surface area (Å²) in [5.41, 5.74) is 1.56. The lowest BCUT2D eigenvalue weighted by atomic mass is 9.89. The van der Waals surface area contributed by atoms with Crippen LogP contribution in [0, 0.1) is 23.7 Å². The number of carbonyl (C=O) groups excluding carboxylic acids is 1. The second-order valence-electron chi connectivity index (χ2n) is 12.3. The van der Waals surface area contributed by atoms with Crippen LogP contribution < -0.4 is 0 Å². The summed E-state index contributed by atoms with van der Waals surface area (Å²) in [6.07, 6.45) is 25.1. The second kappa shape index (κ2) is 14.4. The van der Waals surface area contributed by atoms with Gasteiger partial charge in [-0.05, 0) is 101 Å². The van der Waals surface area contributed by atoms with Crippen LogP contribution in [-0.2, 0) is 28.5 Å². The van der Waals surface area contributed by atoms with E-state index in [1.165, 1.54) is 45.6 Å². The lowest BCUT2D eigenvalue weighted by Crippen LogP contribution is -2.32. The molecule has 0 aromatic carbocycles. The Balaban J connectivity index is 1.26. The van der Waals surface area contributed by atoms with Gasteiger partial charge in [-0.2, -0.15) is 0 Å². The third kappa shape index (κ3) is 7.71. The molecular formula is C32H50O6. The Morgan fingerprint density at radius 1 is 0.974 bits per heavy atom. The van der Waals surface area contributed by atoms with Crippen LogP contribution in [0.25, 0.3) is 0 Å². The van der Waals surface area contributed by atoms with Gasteiger partial charge in [0.05, 0.1) is 19.3 Å². The number of methoxy groups -OCH3 is 1. The van der Waals surface area contributed by atoms with Crippen LogP contribution >= 0.6 is 0 Å². The number of fused-ring (bicyclic) bond motifs is 1. The first-order valence-corrected chi connectivity index (χ1v) is 15.7. The number of allylic oxidation sites excluding steroid dienone is 2. The number of carbonyl (C=O) groups is 1. The van der Waals surface area contributed by atoms with Crippen molar-refractivity contribution in [2.75, 3.05) is 20.3 Å². The van der Waals surface area contributed by atoms with Crippen molar-refractivity contribution in [3.63, 3.8) is 0 Å². The van der Waals surface area contributed by atoms with Gasteiger partial charge in [-0.25, -0.2) is 0 Å². The van der Waals surface area contributed by atoms with Crippen LogP contribution in [0.15, 0.2) is 23.8 Å². The number of esters is 1. The molecule has 0 aromatic heterocycles. The first-order chi connectivity index (χ1) is 18.7. The monoisotopic (exact) mass is 530 g/mol. The minimum absolute atomic E-state index is 0.0469. The van der Waals surface area contributed by atoms with Crippen molar-refractivity contribution in [2.24, 2.45) is 23.7 Å². The van der Waals surface area contributed by atoms with Crippen LogP contribution in [0.2, 0.25) is 0 Å². The van der Waals surface area contributed by atoms with Gasteiger partial charge < -0.3 is 23.7 Å². The molecule has 3 saturated carbocycles. The Kier molecular flexibility index (Phi) is 10.8. The molecule has 7 atom stereocenters. The van der Waals surface area contributed by atoms with E-state index in [1.807, 2.05) is 0 Å². The Morgan fingerprint density at radius 3 is 2.42 bits per heavy atom. The summed E-state index contributed by atoms with van der Waals surface area (Å²) < 4.78 is 30.1. The molecule has 0 N–H and O–H groups in total. The van der Waals surface area contributed by atoms with Crippen molar-refractivity contribution in [2.45, 2.75) is 128 Å². The highest BCUT2D eigenvalue weighted by molar-refractivity contribution is 5.69. The lowest BCUT2D eigenvalue weighted by molar-refractivity contribution is -0.193. The van der Waals surface area contributed by atoms with E-state index in [2.05, 4.69) is 18.2 Å². The number of unbranched alkanes of at least 4 members (excludes halogenated alkanes) is 1. The molecule has 0 spiro atoms. The van der Waals surface area contributed by atoms with Gasteiger partial charge in [0.2, 0.25) is 0 Å². The average Bonchev–Trinajstić information content (AvgIpc) is 3.68. The van der Waals surface area contributed by atoms with Gasteiger partial charge in [0.25, 0.3) is 0 Å². The van der Waals surface area contributed by atoms with Crippen molar-refractivity contribution < 1.29 is 28.5 Å². The minimum atomic E-state index is -0.112. The molecule has 0 radical (unpaired) electrons. The summed E-state index contributed by atoms with van der Waals surface area (Å²) in [4.78, 5) is 11.5. The molecule has 0 amide bonds. The van der Waals surface area contributed by atoms with E-state index in [-0.39, 0.29) is 30.8 Å². The smallest absolute Gasteiger partial charge is 0.305 e. The molecule has 5 aliphatic rings. The highest BCUT2D eigenvalue weighted by Gasteiger charge is 2.47. The fourth-order valence-electron chi connectivity index (χ4n) is 7.56. The van der Waals surface area contributed by atoms with Crippen LogP contribution in [0.1, 0.15) is 103 Å². The normalized spacial score (nSPS) is 36.2. The van der Waals surface area contributed by atoms with Crippen molar-refractivity contribution >= 4 is 5.97 Å². The van der Waals surface area contributed by atoms with E-state index in [0.29, 0.717) is 30.1 Å². The molecule has 3 aliphatic carbocycles. The van der Waals surface area contributed by atoms with Crippen LogP contribution in [0.5, 0.6) is 0 Å². The van der Waals surface area contributed by atoms with Gasteiger partial charge >= 0.3 is 5.97 Å². The summed E-state index contributed by atoms with van der Waals surface area (Å²) in [7, 11) is 1.47. The predicted octanol–water partition coefficient (Wildman–Crippen LogP) is 6.87. The maximum atomic E-state index is 11.5. The predicted molar refractivity (Wildman–Crippen MR) is 146 cm³/mol. The third-order valence-electron chi connectivity index (χ3n) is 9.63. The molecule has 2 unspecified atom stereocenters. The minimum Gasteiger partial charge on any atom is -0.469 e. The van der Waals surface area contributed by atoms with Gasteiger partial charge in [0.1, 0.15) is 0 Å². The molecule has 2 aliphatic heterocycles. The van der Waals surface area contributed by atoms with E-state index in [4.69, 9.17) is 23.7 Å². The van der Waals surface area contributed by atoms with Gasteiger partial charge in [-0.1, -0.05) is 36.6 Å². The van der Waals surface area contributed by atoms with Gasteiger partial charge in [-0.3, -0.25) is 4.79 Å². The standard InChI is InChI=1S/C32H50O6/c1-34-30(33)13-5-2-10-23-20-25-22-29(38-32-15-7-9-19-36-32)26(27(25)21-23)16-17-28(24-11-3-4-12-24)37-31-14-6-8-18-35-31/h10,16-17,24-29,31-32H,2-9,11-15,18-22H2,1H3/b17-16-,23-10+/t25-,26-,27-,28+,29+,31?,32?/m0/s1. The van der Waals surface area contributed by atoms with E-state index >= 15 is 0 Å². The van der Waals surface area contributed by atoms with Crippen molar-refractivity contribution in [1.82, 2.24) is 0 Å². The average molecular weight is 531 g/mol. The van der Waals surface area contributed by atoms with Gasteiger partial charge in [0, 0.05) is 25.6 Å². The van der Waals surface area contributed by atoms with E-state index in [1.54, 1.807) is 5.57 Å². The molecular weight excluding hydrogens is 480 g/mol. The highest BCUT2D eigenvalue weighted by Crippen LogP contribution is 2.52. The maximum Gasteiger partial charge on any atom is 0.305 e. The summed E-state index contributed by atoms with van der Waals surface area (Å²) in [5, 5.41) is 0. The van der Waals surface area contributed by atoms with Crippen LogP contribution in [-0.4, -0.2) is 51.1 Å². The summed E-state index contributed by atoms with van der Waals surface area (Å²) in [6, 6.07) is 0. The molecule has 0 aromatic rings. The largest absolute Gasteiger partial charge is 0.469 e. The highest BCUT2D eigenvalue weighted by atomic mass is 16.7. The first kappa shape index (κ1) is 28.3. The number of hydrogen-bond acceptors (Lipinski definition) is 6. The fourth-order valence-corrected chi connectivity index (χ4v) is 7.56. The molecule has 6 nitrogen and oxygen atoms in total. The third-order valence-corrected chi connectivity index (χ3v) is 9.63. The quantitative estimate of drug-likeness (QED) is 0.165. The first-order valence-electron chi connectivity index (χ1n) is 15.7. The zero-order valence-corrected chi connectivity index (χ0v) is 23.5. The van der Waals surface area contributed by atoms with Crippen molar-refractivity contribution in [1.29, 1.82) is 0 Å². The summed E-state index contributed by atoms with van der Waals surface area (Å²) >= 11 is 0. The van der Waals surface area contributed by atoms with E-state index in [0.717, 1.165) is 71.0 Å². The molecule has 2 heterocycles. The molecule has 0 bridgehead atoms. The summed E-state index contributed by atoms with van der Waals surface area (Å²) in [5.74, 6) is 2.16. The zero-order chi connectivity index (χ0) is 26.2. The van der Waals surface area contributed by atoms with E-state index in [9.17, 15) is 4.79 Å². The maximum absolute atomic E-state index is 11.5. The molecule has 214 valence electrons. The van der Waals surface area contributed by atoms with Crippen molar-refractivity contribution in [3.8, 4) is 0 Å². The van der Waals surface area contributed by atoms with Gasteiger partial charge in [-0.15, -0.1) is 0 Å². The molecule has 38 heavy (non-hydrogen) atoms. The Bertz CT molecular complexity index is 790. The fraction of sp³-hybridized carbons (Fsp3) is 0.844. The molecule has 5 rings (SSSR count). The Labute approximate surface area is 229 Å². The topological polar surface area (TPSA) is 63.2 Å². The molecule has 2 saturated heterocycles. The van der Waals surface area contributed by atoms with Crippen LogP contribution in [0.4, 0.5) is 0 Å². The molecule has 6 heteroatoms. The van der Waals surface area contributed by atoms with Crippen molar-refractivity contribution in [3.05, 3.63) is 23.8 Å². The second-order valence-corrected chi connectivity index (χ2v) is 12.3. The Hall–Kier alpha value is -1.21. The van der Waals surface area contributed by atoms with Crippen LogP contribution in [0.3, 0.4) is 0 Å². The SMILES string of the molecule is COC(=O)CCC/C=C1\C[C@H]2C[C@@H](OC3CCCCO3)[C@@H](/C=C\[C@@H](OC3CCCCO3)C3CCCC3)[C@H]2C1. The van der Waals surface area contributed by atoms with E-state index < -0.39 is 0 Å².